The van der Waals surface area contributed by atoms with Gasteiger partial charge in [-0.25, -0.2) is 0 Å². The Morgan fingerprint density at radius 3 is 2.74 bits per heavy atom. The summed E-state index contributed by atoms with van der Waals surface area (Å²) in [5.41, 5.74) is 0.715. The molecule has 0 fully saturated rings. The predicted molar refractivity (Wildman–Crippen MR) is 79.2 cm³/mol. The Hall–Kier alpha value is -1.81. The number of nitrogens with one attached hydrogen (secondary N) is 1. The molecule has 0 spiro atoms. The molecule has 100 valence electrons. The Morgan fingerprint density at radius 2 is 2.05 bits per heavy atom. The number of rotatable bonds is 5. The Kier molecular flexibility index (Phi) is 4.58. The van der Waals surface area contributed by atoms with Gasteiger partial charge in [0.1, 0.15) is 5.75 Å². The van der Waals surface area contributed by atoms with Crippen LogP contribution in [-0.4, -0.2) is 12.5 Å². The molecule has 0 aliphatic rings. The Balaban J connectivity index is 2.12. The van der Waals surface area contributed by atoms with Crippen LogP contribution in [0.4, 0.5) is 5.69 Å². The van der Waals surface area contributed by atoms with Gasteiger partial charge in [-0.15, -0.1) is 11.3 Å². The van der Waals surface area contributed by atoms with Crippen molar-refractivity contribution in [3.63, 3.8) is 0 Å². The molecule has 1 heterocycles. The second kappa shape index (κ2) is 6.38. The summed E-state index contributed by atoms with van der Waals surface area (Å²) in [5.74, 6) is 0.622. The highest BCUT2D eigenvalue weighted by atomic mass is 32.1. The molecule has 1 aromatic heterocycles. The summed E-state index contributed by atoms with van der Waals surface area (Å²) in [6.45, 7) is 4.68. The minimum atomic E-state index is -0.0920. The molecule has 0 aliphatic carbocycles. The molecule has 0 saturated heterocycles. The van der Waals surface area contributed by atoms with Gasteiger partial charge in [0.2, 0.25) is 0 Å². The molecule has 0 atom stereocenters. The van der Waals surface area contributed by atoms with Gasteiger partial charge >= 0.3 is 0 Å². The number of aryl methyl sites for hydroxylation is 1. The molecule has 1 aromatic carbocycles. The SMILES string of the molecule is CCCOc1ccccc1NC(=O)c1ccc(C)s1. The predicted octanol–water partition coefficient (Wildman–Crippen LogP) is 4.10. The van der Waals surface area contributed by atoms with Crippen molar-refractivity contribution in [3.05, 3.63) is 46.2 Å². The number of benzene rings is 1. The van der Waals surface area contributed by atoms with Gasteiger partial charge in [0.15, 0.2) is 0 Å². The molecule has 0 radical (unpaired) electrons. The summed E-state index contributed by atoms with van der Waals surface area (Å²) in [4.78, 5) is 13.9. The van der Waals surface area contributed by atoms with E-state index in [4.69, 9.17) is 4.74 Å². The average Bonchev–Trinajstić information content (AvgIpc) is 2.84. The first-order valence-corrected chi connectivity index (χ1v) is 7.12. The monoisotopic (exact) mass is 275 g/mol. The smallest absolute Gasteiger partial charge is 0.265 e. The number of carbonyl (C=O) groups is 1. The van der Waals surface area contributed by atoms with Crippen molar-refractivity contribution < 1.29 is 9.53 Å². The summed E-state index contributed by atoms with van der Waals surface area (Å²) in [5, 5.41) is 2.90. The van der Waals surface area contributed by atoms with Crippen molar-refractivity contribution in [1.82, 2.24) is 0 Å². The number of hydrogen-bond donors (Lipinski definition) is 1. The van der Waals surface area contributed by atoms with Crippen LogP contribution in [0.2, 0.25) is 0 Å². The number of carbonyl (C=O) groups excluding carboxylic acids is 1. The van der Waals surface area contributed by atoms with E-state index in [0.717, 1.165) is 11.3 Å². The maximum absolute atomic E-state index is 12.1. The summed E-state index contributed by atoms with van der Waals surface area (Å²) < 4.78 is 5.62. The van der Waals surface area contributed by atoms with Crippen molar-refractivity contribution >= 4 is 22.9 Å². The molecule has 1 N–H and O–H groups in total. The Morgan fingerprint density at radius 1 is 1.26 bits per heavy atom. The van der Waals surface area contributed by atoms with E-state index in [0.29, 0.717) is 22.9 Å². The van der Waals surface area contributed by atoms with E-state index < -0.39 is 0 Å². The number of para-hydroxylation sites is 2. The van der Waals surface area contributed by atoms with E-state index in [9.17, 15) is 4.79 Å². The fourth-order valence-electron chi connectivity index (χ4n) is 1.65. The lowest BCUT2D eigenvalue weighted by Crippen LogP contribution is -2.11. The number of thiophene rings is 1. The lowest BCUT2D eigenvalue weighted by Gasteiger charge is -2.11. The quantitative estimate of drug-likeness (QED) is 0.892. The standard InChI is InChI=1S/C15H17NO2S/c1-3-10-18-13-7-5-4-6-12(13)16-15(17)14-9-8-11(2)19-14/h4-9H,3,10H2,1-2H3,(H,16,17). The van der Waals surface area contributed by atoms with Crippen LogP contribution in [0.25, 0.3) is 0 Å². The highest BCUT2D eigenvalue weighted by molar-refractivity contribution is 7.14. The lowest BCUT2D eigenvalue weighted by molar-refractivity contribution is 0.103. The number of amides is 1. The van der Waals surface area contributed by atoms with E-state index in [1.165, 1.54) is 11.3 Å². The first-order valence-electron chi connectivity index (χ1n) is 6.30. The van der Waals surface area contributed by atoms with Gasteiger partial charge in [0.25, 0.3) is 5.91 Å². The van der Waals surface area contributed by atoms with E-state index in [1.54, 1.807) is 0 Å². The molecular weight excluding hydrogens is 258 g/mol. The Labute approximate surface area is 117 Å². The van der Waals surface area contributed by atoms with Gasteiger partial charge in [-0.05, 0) is 37.6 Å². The van der Waals surface area contributed by atoms with Crippen molar-refractivity contribution in [2.75, 3.05) is 11.9 Å². The van der Waals surface area contributed by atoms with E-state index in [1.807, 2.05) is 43.3 Å². The fraction of sp³-hybridized carbons (Fsp3) is 0.267. The minimum absolute atomic E-state index is 0.0920. The van der Waals surface area contributed by atoms with Gasteiger partial charge in [-0.1, -0.05) is 19.1 Å². The van der Waals surface area contributed by atoms with Crippen LogP contribution in [0.3, 0.4) is 0 Å². The van der Waals surface area contributed by atoms with Crippen LogP contribution < -0.4 is 10.1 Å². The molecule has 0 aliphatic heterocycles. The van der Waals surface area contributed by atoms with Gasteiger partial charge in [-0.2, -0.15) is 0 Å². The average molecular weight is 275 g/mol. The third-order valence-corrected chi connectivity index (χ3v) is 3.56. The second-order valence-corrected chi connectivity index (χ2v) is 5.50. The van der Waals surface area contributed by atoms with Crippen LogP contribution in [-0.2, 0) is 0 Å². The molecule has 2 aromatic rings. The second-order valence-electron chi connectivity index (χ2n) is 4.21. The van der Waals surface area contributed by atoms with Crippen molar-refractivity contribution in [2.45, 2.75) is 20.3 Å². The zero-order valence-electron chi connectivity index (χ0n) is 11.1. The van der Waals surface area contributed by atoms with Crippen LogP contribution >= 0.6 is 11.3 Å². The molecule has 19 heavy (non-hydrogen) atoms. The van der Waals surface area contributed by atoms with E-state index >= 15 is 0 Å². The zero-order valence-corrected chi connectivity index (χ0v) is 11.9. The maximum atomic E-state index is 12.1. The third-order valence-electron chi connectivity index (χ3n) is 2.56. The van der Waals surface area contributed by atoms with Gasteiger partial charge in [0.05, 0.1) is 17.2 Å². The topological polar surface area (TPSA) is 38.3 Å². The minimum Gasteiger partial charge on any atom is -0.491 e. The van der Waals surface area contributed by atoms with Crippen molar-refractivity contribution in [1.29, 1.82) is 0 Å². The highest BCUT2D eigenvalue weighted by Crippen LogP contribution is 2.25. The molecule has 0 saturated carbocycles. The van der Waals surface area contributed by atoms with Gasteiger partial charge in [-0.3, -0.25) is 4.79 Å². The Bertz CT molecular complexity index is 563. The fourth-order valence-corrected chi connectivity index (χ4v) is 2.41. The van der Waals surface area contributed by atoms with Gasteiger partial charge in [0, 0.05) is 4.88 Å². The number of ether oxygens (including phenoxy) is 1. The summed E-state index contributed by atoms with van der Waals surface area (Å²) in [6.07, 6.45) is 0.937. The molecule has 0 unspecified atom stereocenters. The summed E-state index contributed by atoms with van der Waals surface area (Å²) in [6, 6.07) is 11.3. The van der Waals surface area contributed by atoms with Crippen LogP contribution in [0.5, 0.6) is 5.75 Å². The summed E-state index contributed by atoms with van der Waals surface area (Å²) >= 11 is 1.49. The maximum Gasteiger partial charge on any atom is 0.265 e. The van der Waals surface area contributed by atoms with Crippen LogP contribution in [0, 0.1) is 6.92 Å². The number of hydrogen-bond acceptors (Lipinski definition) is 3. The van der Waals surface area contributed by atoms with Crippen molar-refractivity contribution in [2.24, 2.45) is 0 Å². The van der Waals surface area contributed by atoms with Crippen LogP contribution in [0.15, 0.2) is 36.4 Å². The normalized spacial score (nSPS) is 10.2. The molecule has 3 nitrogen and oxygen atoms in total. The number of anilines is 1. The van der Waals surface area contributed by atoms with Gasteiger partial charge < -0.3 is 10.1 Å². The molecular formula is C15H17NO2S. The lowest BCUT2D eigenvalue weighted by atomic mass is 10.3. The molecule has 0 bridgehead atoms. The highest BCUT2D eigenvalue weighted by Gasteiger charge is 2.11. The summed E-state index contributed by atoms with van der Waals surface area (Å²) in [7, 11) is 0. The molecule has 4 heteroatoms. The molecule has 2 rings (SSSR count). The van der Waals surface area contributed by atoms with E-state index in [-0.39, 0.29) is 5.91 Å². The largest absolute Gasteiger partial charge is 0.491 e. The van der Waals surface area contributed by atoms with E-state index in [2.05, 4.69) is 12.2 Å². The van der Waals surface area contributed by atoms with Crippen molar-refractivity contribution in [3.8, 4) is 5.75 Å². The van der Waals surface area contributed by atoms with Crippen LogP contribution in [0.1, 0.15) is 27.9 Å². The third kappa shape index (κ3) is 3.58. The first kappa shape index (κ1) is 13.6. The zero-order chi connectivity index (χ0) is 13.7. The molecule has 1 amide bonds. The first-order chi connectivity index (χ1) is 9.20.